The maximum Gasteiger partial charge on any atom is 0.224 e. The highest BCUT2D eigenvalue weighted by atomic mass is 16.1. The van der Waals surface area contributed by atoms with Gasteiger partial charge in [0.1, 0.15) is 5.82 Å². The molecule has 1 aliphatic rings. The van der Waals surface area contributed by atoms with Crippen molar-refractivity contribution < 1.29 is 4.79 Å². The zero-order valence-corrected chi connectivity index (χ0v) is 12.7. The van der Waals surface area contributed by atoms with Gasteiger partial charge < -0.3 is 10.2 Å². The summed E-state index contributed by atoms with van der Waals surface area (Å²) in [5.74, 6) is 1.03. The van der Waals surface area contributed by atoms with Gasteiger partial charge in [-0.15, -0.1) is 0 Å². The Morgan fingerprint density at radius 2 is 1.86 bits per heavy atom. The summed E-state index contributed by atoms with van der Waals surface area (Å²) in [6.07, 6.45) is 5.46. The second-order valence-corrected chi connectivity index (χ2v) is 5.63. The van der Waals surface area contributed by atoms with Crippen LogP contribution < -0.4 is 10.2 Å². The molecule has 0 atom stereocenters. The minimum atomic E-state index is 0.0274. The molecule has 0 unspecified atom stereocenters. The summed E-state index contributed by atoms with van der Waals surface area (Å²) in [6, 6.07) is 14.0. The van der Waals surface area contributed by atoms with E-state index in [4.69, 9.17) is 0 Å². The molecule has 0 radical (unpaired) electrons. The highest BCUT2D eigenvalue weighted by Crippen LogP contribution is 2.19. The number of carbonyl (C=O) groups is 1. The van der Waals surface area contributed by atoms with Gasteiger partial charge in [0, 0.05) is 19.5 Å². The fourth-order valence-corrected chi connectivity index (χ4v) is 2.72. The van der Waals surface area contributed by atoms with Gasteiger partial charge >= 0.3 is 0 Å². The molecule has 0 aliphatic carbocycles. The molecular formula is C18H21N3O. The van der Waals surface area contributed by atoms with Crippen LogP contribution in [0.1, 0.15) is 24.8 Å². The summed E-state index contributed by atoms with van der Waals surface area (Å²) in [5, 5.41) is 2.91. The summed E-state index contributed by atoms with van der Waals surface area (Å²) in [6.45, 7) is 2.16. The van der Waals surface area contributed by atoms with Crippen molar-refractivity contribution in [1.29, 1.82) is 0 Å². The van der Waals surface area contributed by atoms with E-state index in [1.807, 2.05) is 42.5 Å². The number of nitrogens with one attached hydrogen (secondary N) is 1. The van der Waals surface area contributed by atoms with Gasteiger partial charge in [-0.25, -0.2) is 4.98 Å². The van der Waals surface area contributed by atoms with E-state index in [1.165, 1.54) is 18.4 Å². The molecule has 0 bridgehead atoms. The first-order valence-corrected chi connectivity index (χ1v) is 7.86. The molecule has 1 aliphatic heterocycles. The predicted molar refractivity (Wildman–Crippen MR) is 89.1 cm³/mol. The minimum absolute atomic E-state index is 0.0274. The Labute approximate surface area is 131 Å². The number of carbonyl (C=O) groups excluding carboxylic acids is 1. The first-order chi connectivity index (χ1) is 10.8. The maximum absolute atomic E-state index is 12.0. The molecular weight excluding hydrogens is 274 g/mol. The molecule has 1 aromatic carbocycles. The molecule has 4 heteroatoms. The van der Waals surface area contributed by atoms with Gasteiger partial charge in [0.25, 0.3) is 0 Å². The van der Waals surface area contributed by atoms with Crippen molar-refractivity contribution in [2.24, 2.45) is 0 Å². The summed E-state index contributed by atoms with van der Waals surface area (Å²) in [4.78, 5) is 18.7. The smallest absolute Gasteiger partial charge is 0.224 e. The monoisotopic (exact) mass is 295 g/mol. The average Bonchev–Trinajstić information content (AvgIpc) is 3.09. The maximum atomic E-state index is 12.0. The van der Waals surface area contributed by atoms with E-state index in [-0.39, 0.29) is 5.91 Å². The Balaban J connectivity index is 1.50. The van der Waals surface area contributed by atoms with E-state index < -0.39 is 0 Å². The van der Waals surface area contributed by atoms with Crippen molar-refractivity contribution in [2.75, 3.05) is 23.3 Å². The minimum Gasteiger partial charge on any atom is -0.357 e. The average molecular weight is 295 g/mol. The number of rotatable bonds is 5. The Bertz CT molecular complexity index is 604. The molecule has 0 saturated carbocycles. The van der Waals surface area contributed by atoms with E-state index in [9.17, 15) is 4.79 Å². The van der Waals surface area contributed by atoms with Gasteiger partial charge in [0.2, 0.25) is 5.91 Å². The summed E-state index contributed by atoms with van der Waals surface area (Å²) in [7, 11) is 0. The van der Waals surface area contributed by atoms with Crippen molar-refractivity contribution >= 4 is 17.4 Å². The van der Waals surface area contributed by atoms with E-state index in [1.54, 1.807) is 6.20 Å². The van der Waals surface area contributed by atoms with E-state index in [2.05, 4.69) is 15.2 Å². The summed E-state index contributed by atoms with van der Waals surface area (Å²) in [5.41, 5.74) is 1.95. The van der Waals surface area contributed by atoms with E-state index >= 15 is 0 Å². The van der Waals surface area contributed by atoms with Crippen molar-refractivity contribution in [2.45, 2.75) is 25.7 Å². The summed E-state index contributed by atoms with van der Waals surface area (Å²) >= 11 is 0. The molecule has 1 amide bonds. The van der Waals surface area contributed by atoms with Crippen LogP contribution in [-0.4, -0.2) is 24.0 Å². The largest absolute Gasteiger partial charge is 0.357 e. The zero-order chi connectivity index (χ0) is 15.2. The highest BCUT2D eigenvalue weighted by molar-refractivity contribution is 5.90. The van der Waals surface area contributed by atoms with Crippen LogP contribution in [0.4, 0.5) is 11.5 Å². The van der Waals surface area contributed by atoms with Crippen LogP contribution in [0.2, 0.25) is 0 Å². The standard InChI is InChI=1S/C18H21N3O/c22-18(11-8-15-6-2-1-3-7-15)20-16-9-10-17(19-14-16)21-12-4-5-13-21/h1-3,6-7,9-10,14H,4-5,8,11-13H2,(H,20,22). The van der Waals surface area contributed by atoms with Crippen molar-refractivity contribution in [3.8, 4) is 0 Å². The Morgan fingerprint density at radius 1 is 1.09 bits per heavy atom. The molecule has 0 spiro atoms. The van der Waals surface area contributed by atoms with Gasteiger partial charge in [0.15, 0.2) is 0 Å². The van der Waals surface area contributed by atoms with E-state index in [0.29, 0.717) is 6.42 Å². The third-order valence-electron chi connectivity index (χ3n) is 3.95. The van der Waals surface area contributed by atoms with Crippen LogP contribution in [0.3, 0.4) is 0 Å². The number of benzene rings is 1. The van der Waals surface area contributed by atoms with Crippen molar-refractivity contribution in [3.05, 3.63) is 54.2 Å². The number of nitrogens with zero attached hydrogens (tertiary/aromatic N) is 2. The fraction of sp³-hybridized carbons (Fsp3) is 0.333. The molecule has 1 saturated heterocycles. The van der Waals surface area contributed by atoms with Crippen molar-refractivity contribution in [1.82, 2.24) is 4.98 Å². The number of aromatic nitrogens is 1. The number of anilines is 2. The first kappa shape index (κ1) is 14.6. The third-order valence-corrected chi connectivity index (χ3v) is 3.95. The van der Waals surface area contributed by atoms with Crippen LogP contribution in [-0.2, 0) is 11.2 Å². The van der Waals surface area contributed by atoms with Gasteiger partial charge in [-0.2, -0.15) is 0 Å². The summed E-state index contributed by atoms with van der Waals surface area (Å²) < 4.78 is 0. The van der Waals surface area contributed by atoms with Crippen LogP contribution >= 0.6 is 0 Å². The van der Waals surface area contributed by atoms with Crippen LogP contribution in [0, 0.1) is 0 Å². The molecule has 1 N–H and O–H groups in total. The van der Waals surface area contributed by atoms with Gasteiger partial charge in [0.05, 0.1) is 11.9 Å². The Kier molecular flexibility index (Phi) is 4.68. The molecule has 3 rings (SSSR count). The number of pyridine rings is 1. The lowest BCUT2D eigenvalue weighted by Gasteiger charge is -2.16. The highest BCUT2D eigenvalue weighted by Gasteiger charge is 2.13. The number of aryl methyl sites for hydroxylation is 1. The molecule has 22 heavy (non-hydrogen) atoms. The lowest BCUT2D eigenvalue weighted by Crippen LogP contribution is -2.19. The number of amides is 1. The number of hydrogen-bond donors (Lipinski definition) is 1. The second kappa shape index (κ2) is 7.07. The normalized spacial score (nSPS) is 14.1. The number of hydrogen-bond acceptors (Lipinski definition) is 3. The molecule has 1 aromatic heterocycles. The van der Waals surface area contributed by atoms with Crippen LogP contribution in [0.25, 0.3) is 0 Å². The first-order valence-electron chi connectivity index (χ1n) is 7.86. The quantitative estimate of drug-likeness (QED) is 0.921. The SMILES string of the molecule is O=C(CCc1ccccc1)Nc1ccc(N2CCCC2)nc1. The van der Waals surface area contributed by atoms with Gasteiger partial charge in [-0.05, 0) is 37.0 Å². The molecule has 114 valence electrons. The van der Waals surface area contributed by atoms with Crippen molar-refractivity contribution in [3.63, 3.8) is 0 Å². The predicted octanol–water partition coefficient (Wildman–Crippen LogP) is 3.25. The molecule has 2 aromatic rings. The molecule has 2 heterocycles. The second-order valence-electron chi connectivity index (χ2n) is 5.63. The van der Waals surface area contributed by atoms with Gasteiger partial charge in [-0.1, -0.05) is 30.3 Å². The molecule has 4 nitrogen and oxygen atoms in total. The van der Waals surface area contributed by atoms with Crippen LogP contribution in [0.5, 0.6) is 0 Å². The van der Waals surface area contributed by atoms with Crippen LogP contribution in [0.15, 0.2) is 48.7 Å². The zero-order valence-electron chi connectivity index (χ0n) is 12.7. The lowest BCUT2D eigenvalue weighted by atomic mass is 10.1. The van der Waals surface area contributed by atoms with E-state index in [0.717, 1.165) is 31.0 Å². The third kappa shape index (κ3) is 3.85. The Morgan fingerprint density at radius 3 is 2.55 bits per heavy atom. The van der Waals surface area contributed by atoms with Gasteiger partial charge in [-0.3, -0.25) is 4.79 Å². The molecule has 1 fully saturated rings. The lowest BCUT2D eigenvalue weighted by molar-refractivity contribution is -0.116. The topological polar surface area (TPSA) is 45.2 Å². The Hall–Kier alpha value is -2.36. The fourth-order valence-electron chi connectivity index (χ4n) is 2.72.